The van der Waals surface area contributed by atoms with Gasteiger partial charge in [-0.15, -0.1) is 0 Å². The average Bonchev–Trinajstić information content (AvgIpc) is 2.85. The number of benzene rings is 2. The first kappa shape index (κ1) is 27.3. The molecule has 3 rings (SSSR count). The summed E-state index contributed by atoms with van der Waals surface area (Å²) in [5.41, 5.74) is 1.98. The van der Waals surface area contributed by atoms with Gasteiger partial charge >= 0.3 is 11.9 Å². The summed E-state index contributed by atoms with van der Waals surface area (Å²) in [6, 6.07) is 10.8. The van der Waals surface area contributed by atoms with Crippen molar-refractivity contribution in [2.75, 3.05) is 47.5 Å². The summed E-state index contributed by atoms with van der Waals surface area (Å²) in [5, 5.41) is 26.0. The molecule has 0 unspecified atom stereocenters. The van der Waals surface area contributed by atoms with Gasteiger partial charge in [0.25, 0.3) is 5.69 Å². The molecule has 0 atom stereocenters. The Morgan fingerprint density at radius 2 is 1.34 bits per heavy atom. The summed E-state index contributed by atoms with van der Waals surface area (Å²) in [5.74, 6) is -1.72. The van der Waals surface area contributed by atoms with Crippen LogP contribution in [0.3, 0.4) is 0 Å². The van der Waals surface area contributed by atoms with E-state index >= 15 is 0 Å². The van der Waals surface area contributed by atoms with E-state index in [2.05, 4.69) is 9.80 Å². The van der Waals surface area contributed by atoms with E-state index < -0.39 is 11.9 Å². The summed E-state index contributed by atoms with van der Waals surface area (Å²) in [6.07, 6.45) is 0. The number of aliphatic carboxylic acids is 2. The summed E-state index contributed by atoms with van der Waals surface area (Å²) in [7, 11) is 4.84. The molecule has 0 saturated carbocycles. The normalized spacial score (nSPS) is 13.8. The van der Waals surface area contributed by atoms with Crippen LogP contribution in [0.25, 0.3) is 0 Å². The first-order valence-corrected chi connectivity index (χ1v) is 10.6. The van der Waals surface area contributed by atoms with Crippen LogP contribution in [-0.2, 0) is 22.7 Å². The van der Waals surface area contributed by atoms with Crippen LogP contribution in [0, 0.1) is 10.1 Å². The number of hydrogen-bond acceptors (Lipinski definition) is 9. The van der Waals surface area contributed by atoms with Crippen LogP contribution in [0.2, 0.25) is 0 Å². The monoisotopic (exact) mass is 491 g/mol. The van der Waals surface area contributed by atoms with Crippen LogP contribution >= 0.6 is 0 Å². The lowest BCUT2D eigenvalue weighted by Crippen LogP contribution is -2.45. The molecule has 0 aliphatic carbocycles. The van der Waals surface area contributed by atoms with Crippen LogP contribution in [-0.4, -0.2) is 84.4 Å². The lowest BCUT2D eigenvalue weighted by molar-refractivity contribution is -0.385. The van der Waals surface area contributed by atoms with Crippen LogP contribution in [0.5, 0.6) is 17.2 Å². The van der Waals surface area contributed by atoms with Crippen LogP contribution in [0.1, 0.15) is 11.1 Å². The zero-order valence-corrected chi connectivity index (χ0v) is 19.8. The van der Waals surface area contributed by atoms with Gasteiger partial charge in [0.1, 0.15) is 0 Å². The third-order valence-corrected chi connectivity index (χ3v) is 5.41. The maximum absolute atomic E-state index is 11.2. The Kier molecular flexibility index (Phi) is 10.2. The summed E-state index contributed by atoms with van der Waals surface area (Å²) in [6.45, 7) is 4.77. The highest BCUT2D eigenvalue weighted by Crippen LogP contribution is 2.40. The molecule has 190 valence electrons. The van der Waals surface area contributed by atoms with Crippen molar-refractivity contribution in [1.29, 1.82) is 0 Å². The highest BCUT2D eigenvalue weighted by atomic mass is 16.6. The van der Waals surface area contributed by atoms with E-state index in [1.807, 2.05) is 24.3 Å². The van der Waals surface area contributed by atoms with E-state index in [1.54, 1.807) is 33.5 Å². The van der Waals surface area contributed by atoms with Crippen LogP contribution in [0.15, 0.2) is 36.4 Å². The first-order valence-electron chi connectivity index (χ1n) is 10.6. The van der Waals surface area contributed by atoms with Crippen molar-refractivity contribution in [2.24, 2.45) is 0 Å². The number of rotatable bonds is 8. The second-order valence-electron chi connectivity index (χ2n) is 7.54. The number of nitro groups is 1. The summed E-state index contributed by atoms with van der Waals surface area (Å²) < 4.78 is 16.4. The number of ether oxygens (including phenoxy) is 3. The van der Waals surface area contributed by atoms with Crippen molar-refractivity contribution in [3.63, 3.8) is 0 Å². The molecule has 2 aromatic rings. The third kappa shape index (κ3) is 7.55. The van der Waals surface area contributed by atoms with Gasteiger partial charge in [-0.3, -0.25) is 19.9 Å². The van der Waals surface area contributed by atoms with Gasteiger partial charge in [-0.05, 0) is 6.07 Å². The van der Waals surface area contributed by atoms with Gasteiger partial charge < -0.3 is 24.4 Å². The molecule has 0 bridgehead atoms. The minimum atomic E-state index is -1.82. The van der Waals surface area contributed by atoms with Gasteiger partial charge in [-0.1, -0.05) is 24.3 Å². The second kappa shape index (κ2) is 13.1. The summed E-state index contributed by atoms with van der Waals surface area (Å²) in [4.78, 5) is 33.7. The first-order chi connectivity index (χ1) is 16.7. The van der Waals surface area contributed by atoms with Gasteiger partial charge in [-0.2, -0.15) is 0 Å². The molecule has 0 spiro atoms. The standard InChI is InChI=1S/C21H27N3O5.C2H2O4/c1-27-19-9-8-17(20(28-2)21(19)29-3)15-23-12-10-22(11-13-23)14-16-6-4-5-7-18(16)24(25)26;3-1(4)2(5)6/h4-9H,10-15H2,1-3H3;(H,3,4)(H,5,6). The molecular weight excluding hydrogens is 462 g/mol. The largest absolute Gasteiger partial charge is 0.493 e. The molecular formula is C23H29N3O9. The Hall–Kier alpha value is -3.90. The fourth-order valence-corrected chi connectivity index (χ4v) is 3.70. The van der Waals surface area contributed by atoms with Gasteiger partial charge in [0.05, 0.1) is 26.3 Å². The maximum atomic E-state index is 11.2. The molecule has 12 nitrogen and oxygen atoms in total. The van der Waals surface area contributed by atoms with Gasteiger partial charge in [-0.25, -0.2) is 9.59 Å². The molecule has 1 heterocycles. The van der Waals surface area contributed by atoms with Crippen molar-refractivity contribution in [3.05, 3.63) is 57.6 Å². The minimum absolute atomic E-state index is 0.185. The Morgan fingerprint density at radius 1 is 0.829 bits per heavy atom. The van der Waals surface area contributed by atoms with E-state index in [1.165, 1.54) is 0 Å². The van der Waals surface area contributed by atoms with E-state index in [-0.39, 0.29) is 10.6 Å². The number of methoxy groups -OCH3 is 3. The average molecular weight is 491 g/mol. The van der Waals surface area contributed by atoms with E-state index in [4.69, 9.17) is 34.0 Å². The predicted octanol–water partition coefficient (Wildman–Crippen LogP) is 2.09. The predicted molar refractivity (Wildman–Crippen MR) is 125 cm³/mol. The molecule has 35 heavy (non-hydrogen) atoms. The second-order valence-corrected chi connectivity index (χ2v) is 7.54. The molecule has 2 aromatic carbocycles. The van der Waals surface area contributed by atoms with E-state index in [0.29, 0.717) is 23.8 Å². The third-order valence-electron chi connectivity index (χ3n) is 5.41. The van der Waals surface area contributed by atoms with Crippen LogP contribution in [0.4, 0.5) is 5.69 Å². The number of carboxylic acid groups (broad SMARTS) is 2. The van der Waals surface area contributed by atoms with Crippen molar-refractivity contribution < 1.29 is 38.9 Å². The molecule has 1 saturated heterocycles. The number of carbonyl (C=O) groups is 2. The van der Waals surface area contributed by atoms with Crippen molar-refractivity contribution in [3.8, 4) is 17.2 Å². The topological polar surface area (TPSA) is 152 Å². The van der Waals surface area contributed by atoms with Crippen molar-refractivity contribution >= 4 is 17.6 Å². The highest BCUT2D eigenvalue weighted by molar-refractivity contribution is 6.27. The van der Waals surface area contributed by atoms with Crippen LogP contribution < -0.4 is 14.2 Å². The SMILES string of the molecule is COc1ccc(CN2CCN(Cc3ccccc3[N+](=O)[O-])CC2)c(OC)c1OC.O=C(O)C(=O)O. The minimum Gasteiger partial charge on any atom is -0.493 e. The molecule has 0 aromatic heterocycles. The lowest BCUT2D eigenvalue weighted by atomic mass is 10.1. The Bertz CT molecular complexity index is 1020. The van der Waals surface area contributed by atoms with Gasteiger partial charge in [0.2, 0.25) is 5.75 Å². The number of hydrogen-bond donors (Lipinski definition) is 2. The van der Waals surface area contributed by atoms with Gasteiger partial charge in [0, 0.05) is 56.5 Å². The Balaban J connectivity index is 0.000000641. The number of nitro benzene ring substituents is 1. The number of nitrogens with zero attached hydrogens (tertiary/aromatic N) is 3. The van der Waals surface area contributed by atoms with Crippen molar-refractivity contribution in [1.82, 2.24) is 9.80 Å². The molecule has 1 aliphatic heterocycles. The number of para-hydroxylation sites is 1. The number of carboxylic acids is 2. The van der Waals surface area contributed by atoms with E-state index in [9.17, 15) is 10.1 Å². The zero-order valence-electron chi connectivity index (χ0n) is 19.8. The Labute approximate surface area is 202 Å². The fourth-order valence-electron chi connectivity index (χ4n) is 3.70. The molecule has 1 fully saturated rings. The van der Waals surface area contributed by atoms with E-state index in [0.717, 1.165) is 43.9 Å². The zero-order chi connectivity index (χ0) is 26.0. The molecule has 0 radical (unpaired) electrons. The summed E-state index contributed by atoms with van der Waals surface area (Å²) >= 11 is 0. The van der Waals surface area contributed by atoms with Crippen molar-refractivity contribution in [2.45, 2.75) is 13.1 Å². The molecule has 2 N–H and O–H groups in total. The smallest absolute Gasteiger partial charge is 0.414 e. The fraction of sp³-hybridized carbons (Fsp3) is 0.391. The number of piperazine rings is 1. The molecule has 12 heteroatoms. The Morgan fingerprint density at radius 3 is 1.80 bits per heavy atom. The molecule has 1 aliphatic rings. The highest BCUT2D eigenvalue weighted by Gasteiger charge is 2.23. The van der Waals surface area contributed by atoms with Gasteiger partial charge in [0.15, 0.2) is 11.5 Å². The quantitative estimate of drug-likeness (QED) is 0.317. The molecule has 0 amide bonds. The lowest BCUT2D eigenvalue weighted by Gasteiger charge is -2.35. The maximum Gasteiger partial charge on any atom is 0.414 e.